The summed E-state index contributed by atoms with van der Waals surface area (Å²) in [5.74, 6) is 0.445. The van der Waals surface area contributed by atoms with Gasteiger partial charge in [-0.05, 0) is 67.1 Å². The van der Waals surface area contributed by atoms with Crippen molar-refractivity contribution < 1.29 is 14.3 Å². The molecule has 0 bridgehead atoms. The van der Waals surface area contributed by atoms with Crippen molar-refractivity contribution in [1.82, 2.24) is 9.80 Å². The molecule has 2 aromatic carbocycles. The highest BCUT2D eigenvalue weighted by atomic mass is 35.5. The van der Waals surface area contributed by atoms with Crippen molar-refractivity contribution in [3.05, 3.63) is 98.7 Å². The molecule has 1 aliphatic rings. The Hall–Kier alpha value is -3.09. The highest BCUT2D eigenvalue weighted by molar-refractivity contribution is 7.10. The number of fused-ring (bicyclic) bond motifs is 1. The topological polar surface area (TPSA) is 49.9 Å². The molecule has 1 atom stereocenters. The Morgan fingerprint density at radius 1 is 1.23 bits per heavy atom. The summed E-state index contributed by atoms with van der Waals surface area (Å²) in [6.45, 7) is 8.99. The number of benzene rings is 2. The molecule has 2 heterocycles. The minimum absolute atomic E-state index is 0.0447. The lowest BCUT2D eigenvalue weighted by atomic mass is 10.00. The number of halogens is 1. The van der Waals surface area contributed by atoms with Gasteiger partial charge in [-0.25, -0.2) is 0 Å². The number of hydrogen-bond acceptors (Lipinski definition) is 4. The van der Waals surface area contributed by atoms with Crippen LogP contribution in [-0.4, -0.2) is 47.9 Å². The van der Waals surface area contributed by atoms with Crippen molar-refractivity contribution in [2.24, 2.45) is 0 Å². The van der Waals surface area contributed by atoms with E-state index in [1.807, 2.05) is 24.0 Å². The summed E-state index contributed by atoms with van der Waals surface area (Å²) in [4.78, 5) is 31.3. The first kappa shape index (κ1) is 25.0. The van der Waals surface area contributed by atoms with Gasteiger partial charge in [-0.2, -0.15) is 0 Å². The lowest BCUT2D eigenvalue weighted by molar-refractivity contribution is -0.135. The van der Waals surface area contributed by atoms with E-state index in [0.717, 1.165) is 23.3 Å². The monoisotopic (exact) mass is 508 g/mol. The maximum absolute atomic E-state index is 13.6. The Kier molecular flexibility index (Phi) is 7.93. The number of nitrogens with zero attached hydrogens (tertiary/aromatic N) is 2. The van der Waals surface area contributed by atoms with Gasteiger partial charge in [-0.3, -0.25) is 9.59 Å². The Labute approximate surface area is 215 Å². The third-order valence-corrected chi connectivity index (χ3v) is 7.41. The highest BCUT2D eigenvalue weighted by Gasteiger charge is 2.33. The van der Waals surface area contributed by atoms with E-state index in [1.165, 1.54) is 15.3 Å². The van der Waals surface area contributed by atoms with Crippen molar-refractivity contribution in [3.63, 3.8) is 0 Å². The standard InChI is InChI=1S/C28H29ClN2O3S/c1-4-12-30(28(33)21-6-5-7-22(29)16-21)17-27(32)31-13-10-26-23(11-14-35-26)24(31)18-34-25-9-8-19(2)15-20(25)3/h4-9,11,14-16,24H,1,10,12-13,17-18H2,2-3H3. The van der Waals surface area contributed by atoms with Gasteiger partial charge >= 0.3 is 0 Å². The molecule has 5 nitrogen and oxygen atoms in total. The summed E-state index contributed by atoms with van der Waals surface area (Å²) in [6.07, 6.45) is 2.42. The van der Waals surface area contributed by atoms with E-state index in [0.29, 0.717) is 23.7 Å². The predicted molar refractivity (Wildman–Crippen MR) is 141 cm³/mol. The first-order valence-electron chi connectivity index (χ1n) is 11.6. The molecular formula is C28H29ClN2O3S. The van der Waals surface area contributed by atoms with Crippen molar-refractivity contribution in [2.45, 2.75) is 26.3 Å². The first-order valence-corrected chi connectivity index (χ1v) is 12.8. The van der Waals surface area contributed by atoms with Crippen LogP contribution < -0.4 is 4.74 Å². The molecule has 2 amide bonds. The fourth-order valence-corrected chi connectivity index (χ4v) is 5.56. The number of ether oxygens (including phenoxy) is 1. The molecule has 0 radical (unpaired) electrons. The summed E-state index contributed by atoms with van der Waals surface area (Å²) in [5.41, 5.74) is 3.81. The maximum atomic E-state index is 13.6. The minimum atomic E-state index is -0.253. The average molecular weight is 509 g/mol. The lowest BCUT2D eigenvalue weighted by Gasteiger charge is -2.37. The molecule has 0 spiro atoms. The molecular weight excluding hydrogens is 480 g/mol. The van der Waals surface area contributed by atoms with Crippen molar-refractivity contribution >= 4 is 34.8 Å². The van der Waals surface area contributed by atoms with Crippen LogP contribution >= 0.6 is 22.9 Å². The summed E-state index contributed by atoms with van der Waals surface area (Å²) in [7, 11) is 0. The fraction of sp³-hybridized carbons (Fsp3) is 0.286. The summed E-state index contributed by atoms with van der Waals surface area (Å²) in [6, 6.07) is 14.7. The maximum Gasteiger partial charge on any atom is 0.254 e. The van der Waals surface area contributed by atoms with Gasteiger partial charge in [0.15, 0.2) is 0 Å². The smallest absolute Gasteiger partial charge is 0.254 e. The van der Waals surface area contributed by atoms with E-state index < -0.39 is 0 Å². The molecule has 182 valence electrons. The summed E-state index contributed by atoms with van der Waals surface area (Å²) >= 11 is 7.79. The first-order chi connectivity index (χ1) is 16.9. The van der Waals surface area contributed by atoms with Gasteiger partial charge < -0.3 is 14.5 Å². The van der Waals surface area contributed by atoms with E-state index in [1.54, 1.807) is 41.7 Å². The molecule has 0 saturated carbocycles. The van der Waals surface area contributed by atoms with Crippen molar-refractivity contribution in [1.29, 1.82) is 0 Å². The van der Waals surface area contributed by atoms with E-state index in [9.17, 15) is 9.59 Å². The van der Waals surface area contributed by atoms with Gasteiger partial charge in [0, 0.05) is 28.6 Å². The second-order valence-electron chi connectivity index (χ2n) is 8.72. The Morgan fingerprint density at radius 2 is 2.06 bits per heavy atom. The number of carbonyl (C=O) groups is 2. The third kappa shape index (κ3) is 5.77. The van der Waals surface area contributed by atoms with Gasteiger partial charge in [0.1, 0.15) is 18.9 Å². The Balaban J connectivity index is 1.54. The van der Waals surface area contributed by atoms with Crippen LogP contribution in [0.5, 0.6) is 5.75 Å². The number of carbonyl (C=O) groups excluding carboxylic acids is 2. The summed E-state index contributed by atoms with van der Waals surface area (Å²) < 4.78 is 6.22. The molecule has 3 aromatic rings. The zero-order chi connectivity index (χ0) is 24.9. The lowest BCUT2D eigenvalue weighted by Crippen LogP contribution is -2.47. The largest absolute Gasteiger partial charge is 0.491 e. The normalized spacial score (nSPS) is 14.8. The van der Waals surface area contributed by atoms with Crippen LogP contribution in [0.3, 0.4) is 0 Å². The second-order valence-corrected chi connectivity index (χ2v) is 10.2. The van der Waals surface area contributed by atoms with Gasteiger partial charge in [0.05, 0.1) is 6.04 Å². The molecule has 0 N–H and O–H groups in total. The average Bonchev–Trinajstić information content (AvgIpc) is 3.32. The van der Waals surface area contributed by atoms with E-state index in [-0.39, 0.29) is 30.9 Å². The van der Waals surface area contributed by atoms with E-state index in [4.69, 9.17) is 16.3 Å². The van der Waals surface area contributed by atoms with Crippen LogP contribution in [0.25, 0.3) is 0 Å². The SMILES string of the molecule is C=CCN(CC(=O)N1CCc2sccc2C1COc1ccc(C)cc1C)C(=O)c1cccc(Cl)c1. The second kappa shape index (κ2) is 11.1. The Bertz CT molecular complexity index is 1240. The number of amides is 2. The van der Waals surface area contributed by atoms with Crippen LogP contribution in [0.1, 0.15) is 38.0 Å². The fourth-order valence-electron chi connectivity index (χ4n) is 4.44. The van der Waals surface area contributed by atoms with Crippen molar-refractivity contribution in [3.8, 4) is 5.75 Å². The minimum Gasteiger partial charge on any atom is -0.491 e. The third-order valence-electron chi connectivity index (χ3n) is 6.18. The molecule has 1 aliphatic heterocycles. The van der Waals surface area contributed by atoms with Crippen molar-refractivity contribution in [2.75, 3.05) is 26.2 Å². The zero-order valence-corrected chi connectivity index (χ0v) is 21.6. The van der Waals surface area contributed by atoms with Crippen LogP contribution in [0, 0.1) is 13.8 Å². The molecule has 4 rings (SSSR count). The number of hydrogen-bond donors (Lipinski definition) is 0. The molecule has 0 saturated heterocycles. The van der Waals surface area contributed by atoms with E-state index >= 15 is 0 Å². The van der Waals surface area contributed by atoms with Crippen LogP contribution in [-0.2, 0) is 11.2 Å². The quantitative estimate of drug-likeness (QED) is 0.358. The van der Waals surface area contributed by atoms with Crippen LogP contribution in [0.2, 0.25) is 5.02 Å². The van der Waals surface area contributed by atoms with Gasteiger partial charge in [-0.1, -0.05) is 41.4 Å². The molecule has 1 aromatic heterocycles. The number of rotatable bonds is 8. The molecule has 1 unspecified atom stereocenters. The number of aryl methyl sites for hydroxylation is 2. The van der Waals surface area contributed by atoms with Crippen LogP contribution in [0.15, 0.2) is 66.6 Å². The molecule has 0 fully saturated rings. The van der Waals surface area contributed by atoms with E-state index in [2.05, 4.69) is 31.0 Å². The Morgan fingerprint density at radius 3 is 2.80 bits per heavy atom. The molecule has 0 aliphatic carbocycles. The predicted octanol–water partition coefficient (Wildman–Crippen LogP) is 5.85. The van der Waals surface area contributed by atoms with Crippen LogP contribution in [0.4, 0.5) is 0 Å². The summed E-state index contributed by atoms with van der Waals surface area (Å²) in [5, 5.41) is 2.54. The van der Waals surface area contributed by atoms with Gasteiger partial charge in [0.2, 0.25) is 5.91 Å². The molecule has 7 heteroatoms. The number of thiophene rings is 1. The van der Waals surface area contributed by atoms with Gasteiger partial charge in [0.25, 0.3) is 5.91 Å². The zero-order valence-electron chi connectivity index (χ0n) is 20.0. The highest BCUT2D eigenvalue weighted by Crippen LogP contribution is 2.34. The molecule has 35 heavy (non-hydrogen) atoms. The van der Waals surface area contributed by atoms with Gasteiger partial charge in [-0.15, -0.1) is 17.9 Å².